The zero-order chi connectivity index (χ0) is 16.3. The van der Waals surface area contributed by atoms with Gasteiger partial charge in [-0.3, -0.25) is 9.69 Å². The lowest BCUT2D eigenvalue weighted by atomic mass is 10.2. The van der Waals surface area contributed by atoms with Crippen molar-refractivity contribution in [3.05, 3.63) is 51.3 Å². The van der Waals surface area contributed by atoms with E-state index >= 15 is 0 Å². The molecule has 4 nitrogen and oxygen atoms in total. The summed E-state index contributed by atoms with van der Waals surface area (Å²) < 4.78 is 20.1. The first-order valence-electron chi connectivity index (χ1n) is 6.46. The number of pyridine rings is 1. The number of carbonyl (C=O) groups is 1. The summed E-state index contributed by atoms with van der Waals surface area (Å²) in [5, 5.41) is 0.0481. The number of halogens is 3. The van der Waals surface area contributed by atoms with Gasteiger partial charge in [0, 0.05) is 17.7 Å². The minimum Gasteiger partial charge on any atom is -0.490 e. The molecule has 0 fully saturated rings. The van der Waals surface area contributed by atoms with Crippen molar-refractivity contribution in [1.29, 1.82) is 0 Å². The molecule has 1 aromatic heterocycles. The SMILES string of the molecule is CCOc1cc(Br)cnc1N(C)C(=O)c1c(F)cccc1Cl. The van der Waals surface area contributed by atoms with Crippen molar-refractivity contribution >= 4 is 39.3 Å². The molecule has 116 valence electrons. The third-order valence-electron chi connectivity index (χ3n) is 2.90. The Morgan fingerprint density at radius 1 is 1.50 bits per heavy atom. The van der Waals surface area contributed by atoms with E-state index in [1.54, 1.807) is 6.07 Å². The first kappa shape index (κ1) is 16.7. The molecule has 2 rings (SSSR count). The topological polar surface area (TPSA) is 42.4 Å². The first-order valence-corrected chi connectivity index (χ1v) is 7.63. The number of hydrogen-bond acceptors (Lipinski definition) is 3. The van der Waals surface area contributed by atoms with Crippen molar-refractivity contribution < 1.29 is 13.9 Å². The number of ether oxygens (including phenoxy) is 1. The van der Waals surface area contributed by atoms with Gasteiger partial charge in [0.05, 0.1) is 17.2 Å². The molecule has 1 heterocycles. The molecule has 22 heavy (non-hydrogen) atoms. The summed E-state index contributed by atoms with van der Waals surface area (Å²) in [5.74, 6) is -0.576. The van der Waals surface area contributed by atoms with Crippen molar-refractivity contribution in [2.45, 2.75) is 6.92 Å². The number of aromatic nitrogens is 1. The van der Waals surface area contributed by atoms with Crippen molar-refractivity contribution in [3.63, 3.8) is 0 Å². The maximum Gasteiger partial charge on any atom is 0.263 e. The molecule has 0 aliphatic rings. The van der Waals surface area contributed by atoms with E-state index in [1.165, 1.54) is 36.3 Å². The van der Waals surface area contributed by atoms with E-state index in [0.29, 0.717) is 16.8 Å². The Bertz CT molecular complexity index is 692. The molecule has 0 radical (unpaired) electrons. The number of anilines is 1. The van der Waals surface area contributed by atoms with Crippen molar-refractivity contribution in [3.8, 4) is 5.75 Å². The van der Waals surface area contributed by atoms with E-state index in [2.05, 4.69) is 20.9 Å². The molecule has 0 atom stereocenters. The van der Waals surface area contributed by atoms with Gasteiger partial charge in [-0.1, -0.05) is 17.7 Å². The summed E-state index contributed by atoms with van der Waals surface area (Å²) in [7, 11) is 1.49. The second kappa shape index (κ2) is 7.07. The molecule has 0 saturated heterocycles. The Morgan fingerprint density at radius 2 is 2.23 bits per heavy atom. The van der Waals surface area contributed by atoms with Crippen molar-refractivity contribution in [2.24, 2.45) is 0 Å². The lowest BCUT2D eigenvalue weighted by Crippen LogP contribution is -2.28. The smallest absolute Gasteiger partial charge is 0.263 e. The van der Waals surface area contributed by atoms with Gasteiger partial charge in [0.2, 0.25) is 0 Å². The highest BCUT2D eigenvalue weighted by Gasteiger charge is 2.23. The molecule has 2 aromatic rings. The molecule has 0 unspecified atom stereocenters. The Morgan fingerprint density at radius 3 is 2.86 bits per heavy atom. The summed E-state index contributed by atoms with van der Waals surface area (Å²) in [5.41, 5.74) is -0.196. The van der Waals surface area contributed by atoms with Gasteiger partial charge in [0.1, 0.15) is 5.82 Å². The fraction of sp³-hybridized carbons (Fsp3) is 0.200. The Balaban J connectivity index is 2.43. The third-order valence-corrected chi connectivity index (χ3v) is 3.65. The zero-order valence-corrected chi connectivity index (χ0v) is 14.3. The average Bonchev–Trinajstić information content (AvgIpc) is 2.47. The van der Waals surface area contributed by atoms with Crippen LogP contribution in [0.25, 0.3) is 0 Å². The number of hydrogen-bond donors (Lipinski definition) is 0. The van der Waals surface area contributed by atoms with Crippen LogP contribution < -0.4 is 9.64 Å². The molecule has 1 aromatic carbocycles. The van der Waals surface area contributed by atoms with Crippen molar-refractivity contribution in [1.82, 2.24) is 4.98 Å². The molecule has 0 N–H and O–H groups in total. The van der Waals surface area contributed by atoms with E-state index in [4.69, 9.17) is 16.3 Å². The number of nitrogens with zero attached hydrogens (tertiary/aromatic N) is 2. The molecular weight excluding hydrogens is 375 g/mol. The average molecular weight is 388 g/mol. The highest BCUT2D eigenvalue weighted by molar-refractivity contribution is 9.10. The molecule has 1 amide bonds. The van der Waals surface area contributed by atoms with Crippen LogP contribution in [-0.4, -0.2) is 24.5 Å². The van der Waals surface area contributed by atoms with Gasteiger partial charge in [0.25, 0.3) is 5.91 Å². The summed E-state index contributed by atoms with van der Waals surface area (Å²) in [6.45, 7) is 2.23. The van der Waals surface area contributed by atoms with Crippen LogP contribution in [0.4, 0.5) is 10.2 Å². The van der Waals surface area contributed by atoms with Gasteiger partial charge < -0.3 is 4.74 Å². The highest BCUT2D eigenvalue weighted by Crippen LogP contribution is 2.30. The predicted molar refractivity (Wildman–Crippen MR) is 87.2 cm³/mol. The van der Waals surface area contributed by atoms with Gasteiger partial charge >= 0.3 is 0 Å². The normalized spacial score (nSPS) is 10.4. The minimum atomic E-state index is -0.681. The number of benzene rings is 1. The van der Waals surface area contributed by atoms with Crippen LogP contribution in [0.15, 0.2) is 34.9 Å². The van der Waals surface area contributed by atoms with E-state index < -0.39 is 11.7 Å². The van der Waals surface area contributed by atoms with Gasteiger partial charge in [-0.25, -0.2) is 9.37 Å². The van der Waals surface area contributed by atoms with Crippen LogP contribution in [0.5, 0.6) is 5.75 Å². The van der Waals surface area contributed by atoms with Gasteiger partial charge in [-0.2, -0.15) is 0 Å². The highest BCUT2D eigenvalue weighted by atomic mass is 79.9. The standard InChI is InChI=1S/C15H13BrClFN2O2/c1-3-22-12-7-9(16)8-19-14(12)20(2)15(21)13-10(17)5-4-6-11(13)18/h4-8H,3H2,1-2H3. The predicted octanol–water partition coefficient (Wildman–Crippen LogP) is 4.31. The molecule has 0 saturated carbocycles. The van der Waals surface area contributed by atoms with Crippen LogP contribution in [0.1, 0.15) is 17.3 Å². The van der Waals surface area contributed by atoms with Gasteiger partial charge in [0.15, 0.2) is 11.6 Å². The summed E-state index contributed by atoms with van der Waals surface area (Å²) in [4.78, 5) is 17.9. The third kappa shape index (κ3) is 3.39. The lowest BCUT2D eigenvalue weighted by Gasteiger charge is -2.20. The van der Waals surface area contributed by atoms with Crippen molar-refractivity contribution in [2.75, 3.05) is 18.6 Å². The summed E-state index contributed by atoms with van der Waals surface area (Å²) >= 11 is 9.23. The molecular formula is C15H13BrClFN2O2. The fourth-order valence-electron chi connectivity index (χ4n) is 1.89. The second-order valence-corrected chi connectivity index (χ2v) is 5.69. The van der Waals surface area contributed by atoms with Crippen LogP contribution in [0, 0.1) is 5.82 Å². The second-order valence-electron chi connectivity index (χ2n) is 4.37. The Kier molecular flexibility index (Phi) is 5.37. The van der Waals surface area contributed by atoms with E-state index in [1.807, 2.05) is 6.92 Å². The first-order chi connectivity index (χ1) is 10.5. The molecule has 0 aliphatic heterocycles. The lowest BCUT2D eigenvalue weighted by molar-refractivity contribution is 0.0987. The van der Waals surface area contributed by atoms with Gasteiger partial charge in [-0.15, -0.1) is 0 Å². The monoisotopic (exact) mass is 386 g/mol. The fourth-order valence-corrected chi connectivity index (χ4v) is 2.45. The maximum atomic E-state index is 13.9. The summed E-state index contributed by atoms with van der Waals surface area (Å²) in [6, 6.07) is 5.78. The van der Waals surface area contributed by atoms with Crippen LogP contribution in [-0.2, 0) is 0 Å². The molecule has 0 bridgehead atoms. The maximum absolute atomic E-state index is 13.9. The molecule has 0 spiro atoms. The Labute approximate surface area is 141 Å². The van der Waals surface area contributed by atoms with Crippen LogP contribution in [0.2, 0.25) is 5.02 Å². The zero-order valence-electron chi connectivity index (χ0n) is 11.9. The van der Waals surface area contributed by atoms with E-state index in [9.17, 15) is 9.18 Å². The van der Waals surface area contributed by atoms with Crippen LogP contribution in [0.3, 0.4) is 0 Å². The Hall–Kier alpha value is -1.66. The molecule has 7 heteroatoms. The number of carbonyl (C=O) groups excluding carboxylic acids is 1. The van der Waals surface area contributed by atoms with E-state index in [-0.39, 0.29) is 16.4 Å². The van der Waals surface area contributed by atoms with Gasteiger partial charge in [-0.05, 0) is 41.1 Å². The minimum absolute atomic E-state index is 0.0481. The largest absolute Gasteiger partial charge is 0.490 e. The molecule has 0 aliphatic carbocycles. The van der Waals surface area contributed by atoms with Crippen LogP contribution >= 0.6 is 27.5 Å². The quantitative estimate of drug-likeness (QED) is 0.785. The number of rotatable bonds is 4. The number of amides is 1. The summed E-state index contributed by atoms with van der Waals surface area (Å²) in [6.07, 6.45) is 1.53. The van der Waals surface area contributed by atoms with E-state index in [0.717, 1.165) is 0 Å².